The maximum atomic E-state index is 11.6. The van der Waals surface area contributed by atoms with Crippen LogP contribution in [-0.4, -0.2) is 51.1 Å². The van der Waals surface area contributed by atoms with Gasteiger partial charge in [-0.2, -0.15) is 5.26 Å². The average Bonchev–Trinajstić information content (AvgIpc) is 2.74. The molecule has 0 aromatic carbocycles. The third kappa shape index (κ3) is 21.7. The molecule has 0 unspecified atom stereocenters. The number of rotatable bonds is 20. The predicted octanol–water partition coefficient (Wildman–Crippen LogP) is 3.77. The summed E-state index contributed by atoms with van der Waals surface area (Å²) in [5.74, 6) is -0.195. The number of ether oxygens (including phenoxy) is 3. The third-order valence-corrected chi connectivity index (χ3v) is 4.26. The van der Waals surface area contributed by atoms with Crippen LogP contribution in [-0.2, 0) is 23.8 Å². The Morgan fingerprint density at radius 2 is 1.43 bits per heavy atom. The maximum absolute atomic E-state index is 11.6. The van der Waals surface area contributed by atoms with Crippen LogP contribution in [0, 0.1) is 11.5 Å². The second-order valence-corrected chi connectivity index (χ2v) is 6.84. The Kier molecular flexibility index (Phi) is 20.7. The lowest BCUT2D eigenvalue weighted by molar-refractivity contribution is -0.143. The molecule has 0 aliphatic carbocycles. The molecule has 1 N–H and O–H groups in total. The maximum Gasteiger partial charge on any atom is 0.407 e. The molecular formula is C21H35N3O6. The first-order valence-corrected chi connectivity index (χ1v) is 10.8. The van der Waals surface area contributed by atoms with E-state index in [1.807, 2.05) is 0 Å². The highest BCUT2D eigenvalue weighted by Crippen LogP contribution is 2.06. The van der Waals surface area contributed by atoms with E-state index in [2.05, 4.69) is 15.0 Å². The number of hydrogen-bond donors (Lipinski definition) is 1. The van der Waals surface area contributed by atoms with Gasteiger partial charge in [-0.15, -0.1) is 0 Å². The topological polar surface area (TPSA) is 127 Å². The summed E-state index contributed by atoms with van der Waals surface area (Å²) in [5, 5.41) is 10.9. The lowest BCUT2D eigenvalue weighted by Crippen LogP contribution is -2.25. The Morgan fingerprint density at radius 1 is 0.800 bits per heavy atom. The predicted molar refractivity (Wildman–Crippen MR) is 110 cm³/mol. The van der Waals surface area contributed by atoms with Crippen LogP contribution in [0.15, 0.2) is 4.99 Å². The number of carbonyl (C=O) groups excluding carboxylic acids is 3. The Morgan fingerprint density at radius 3 is 2.20 bits per heavy atom. The largest absolute Gasteiger partial charge is 0.466 e. The van der Waals surface area contributed by atoms with Crippen molar-refractivity contribution in [1.29, 1.82) is 5.26 Å². The van der Waals surface area contributed by atoms with E-state index in [9.17, 15) is 14.4 Å². The van der Waals surface area contributed by atoms with Gasteiger partial charge >= 0.3 is 12.1 Å². The minimum Gasteiger partial charge on any atom is -0.466 e. The molecule has 0 aromatic rings. The normalized spacial score (nSPS) is 9.83. The minimum absolute atomic E-state index is 0.195. The first-order valence-electron chi connectivity index (χ1n) is 10.8. The monoisotopic (exact) mass is 425 g/mol. The summed E-state index contributed by atoms with van der Waals surface area (Å²) in [6.45, 7) is 2.16. The first kappa shape index (κ1) is 27.4. The Labute approximate surface area is 179 Å². The van der Waals surface area contributed by atoms with Crippen molar-refractivity contribution in [2.45, 2.75) is 77.0 Å². The van der Waals surface area contributed by atoms with Crippen LogP contribution in [0.1, 0.15) is 77.0 Å². The smallest absolute Gasteiger partial charge is 0.407 e. The molecule has 0 bridgehead atoms. The van der Waals surface area contributed by atoms with Crippen molar-refractivity contribution in [3.05, 3.63) is 0 Å². The van der Waals surface area contributed by atoms with Gasteiger partial charge in [-0.05, 0) is 38.5 Å². The molecular weight excluding hydrogens is 390 g/mol. The van der Waals surface area contributed by atoms with Gasteiger partial charge in [0.15, 0.2) is 0 Å². The summed E-state index contributed by atoms with van der Waals surface area (Å²) in [5.41, 5.74) is 0. The van der Waals surface area contributed by atoms with Crippen molar-refractivity contribution in [2.24, 2.45) is 4.99 Å². The number of hydrogen-bond acceptors (Lipinski definition) is 8. The number of isocyanates is 1. The molecule has 9 heteroatoms. The fourth-order valence-electron chi connectivity index (χ4n) is 2.60. The number of alkyl carbamates (subject to hydrolysis) is 1. The van der Waals surface area contributed by atoms with Gasteiger partial charge in [0, 0.05) is 13.0 Å². The van der Waals surface area contributed by atoms with Crippen molar-refractivity contribution in [1.82, 2.24) is 5.32 Å². The van der Waals surface area contributed by atoms with Crippen LogP contribution in [0.3, 0.4) is 0 Å². The fraction of sp³-hybridized carbons (Fsp3) is 0.810. The Balaban J connectivity index is 3.31. The summed E-state index contributed by atoms with van der Waals surface area (Å²) in [7, 11) is 0. The summed E-state index contributed by atoms with van der Waals surface area (Å²) in [6, 6.07) is 0. The van der Waals surface area contributed by atoms with E-state index in [0.717, 1.165) is 57.8 Å². The van der Waals surface area contributed by atoms with Crippen molar-refractivity contribution in [3.8, 4) is 6.26 Å². The molecule has 0 heterocycles. The highest BCUT2D eigenvalue weighted by Gasteiger charge is 2.04. The first-order chi connectivity index (χ1) is 14.7. The lowest BCUT2D eigenvalue weighted by atomic mass is 10.1. The van der Waals surface area contributed by atoms with Gasteiger partial charge in [-0.25, -0.2) is 14.6 Å². The van der Waals surface area contributed by atoms with Crippen LogP contribution in [0.25, 0.3) is 0 Å². The van der Waals surface area contributed by atoms with Crippen molar-refractivity contribution < 1.29 is 28.6 Å². The molecule has 0 saturated heterocycles. The van der Waals surface area contributed by atoms with Crippen LogP contribution < -0.4 is 5.32 Å². The molecule has 170 valence electrons. The fourth-order valence-corrected chi connectivity index (χ4v) is 2.60. The lowest BCUT2D eigenvalue weighted by Gasteiger charge is -2.07. The summed E-state index contributed by atoms with van der Waals surface area (Å²) in [6.07, 6.45) is 12.7. The SMILES string of the molecule is N#COCCCCCCCC(=O)OCCCCOC(=O)NCCCCCCN=C=O. The standard InChI is InChI=1S/C21H35N3O6/c22-18-28-15-9-5-1-2-6-12-20(26)29-16-10-11-17-30-21(27)24-14-8-4-3-7-13-23-19-25/h1-17H2,(H,24,27). The second-order valence-electron chi connectivity index (χ2n) is 6.84. The molecule has 0 spiro atoms. The van der Waals surface area contributed by atoms with Gasteiger partial charge < -0.3 is 19.5 Å². The van der Waals surface area contributed by atoms with Crippen molar-refractivity contribution in [2.75, 3.05) is 32.9 Å². The number of esters is 1. The number of carbonyl (C=O) groups is 2. The molecule has 0 aliphatic rings. The van der Waals surface area contributed by atoms with Crippen molar-refractivity contribution >= 4 is 18.1 Å². The zero-order chi connectivity index (χ0) is 22.1. The molecule has 30 heavy (non-hydrogen) atoms. The molecule has 0 rings (SSSR count). The molecule has 0 saturated carbocycles. The molecule has 0 atom stereocenters. The van der Waals surface area contributed by atoms with E-state index < -0.39 is 6.09 Å². The van der Waals surface area contributed by atoms with Crippen LogP contribution in [0.2, 0.25) is 0 Å². The van der Waals surface area contributed by atoms with Gasteiger partial charge in [-0.3, -0.25) is 4.79 Å². The van der Waals surface area contributed by atoms with Crippen molar-refractivity contribution in [3.63, 3.8) is 0 Å². The quantitative estimate of drug-likeness (QED) is 0.103. The molecule has 0 aromatic heterocycles. The number of unbranched alkanes of at least 4 members (excludes halogenated alkanes) is 8. The number of aliphatic imine (C=N–C) groups is 1. The number of nitrogens with one attached hydrogen (secondary N) is 1. The van der Waals surface area contributed by atoms with E-state index >= 15 is 0 Å². The van der Waals surface area contributed by atoms with Crippen LogP contribution in [0.4, 0.5) is 4.79 Å². The number of nitriles is 1. The Hall–Kier alpha value is -2.59. The molecule has 0 radical (unpaired) electrons. The van der Waals surface area contributed by atoms with E-state index in [-0.39, 0.29) is 5.97 Å². The minimum atomic E-state index is -0.434. The Bertz CT molecular complexity index is 529. The van der Waals surface area contributed by atoms with Gasteiger partial charge in [0.05, 0.1) is 19.8 Å². The zero-order valence-electron chi connectivity index (χ0n) is 17.9. The van der Waals surface area contributed by atoms with Gasteiger partial charge in [0.2, 0.25) is 6.08 Å². The molecule has 9 nitrogen and oxygen atoms in total. The van der Waals surface area contributed by atoms with E-state index in [1.54, 1.807) is 6.26 Å². The molecule has 0 fully saturated rings. The summed E-state index contributed by atoms with van der Waals surface area (Å²) >= 11 is 0. The van der Waals surface area contributed by atoms with Gasteiger partial charge in [-0.1, -0.05) is 32.1 Å². The zero-order valence-corrected chi connectivity index (χ0v) is 17.9. The molecule has 0 aliphatic heterocycles. The van der Waals surface area contributed by atoms with Gasteiger partial charge in [0.1, 0.15) is 6.61 Å². The second kappa shape index (κ2) is 22.7. The summed E-state index contributed by atoms with van der Waals surface area (Å²) < 4.78 is 14.8. The third-order valence-electron chi connectivity index (χ3n) is 4.26. The average molecular weight is 426 g/mol. The summed E-state index contributed by atoms with van der Waals surface area (Å²) in [4.78, 5) is 36.5. The molecule has 1 amide bonds. The number of nitrogens with zero attached hydrogens (tertiary/aromatic N) is 2. The van der Waals surface area contributed by atoms with E-state index in [4.69, 9.17) is 14.7 Å². The van der Waals surface area contributed by atoms with E-state index in [0.29, 0.717) is 52.2 Å². The number of amides is 1. The van der Waals surface area contributed by atoms with Crippen LogP contribution >= 0.6 is 0 Å². The van der Waals surface area contributed by atoms with E-state index in [1.165, 1.54) is 6.08 Å². The van der Waals surface area contributed by atoms with Crippen LogP contribution in [0.5, 0.6) is 0 Å². The highest BCUT2D eigenvalue weighted by atomic mass is 16.5. The highest BCUT2D eigenvalue weighted by molar-refractivity contribution is 5.69. The van der Waals surface area contributed by atoms with Gasteiger partial charge in [0.25, 0.3) is 6.26 Å².